The van der Waals surface area contributed by atoms with Crippen LogP contribution in [0.25, 0.3) is 0 Å². The van der Waals surface area contributed by atoms with E-state index in [1.54, 1.807) is 0 Å². The van der Waals surface area contributed by atoms with Gasteiger partial charge in [0.1, 0.15) is 11.4 Å². The van der Waals surface area contributed by atoms with Crippen LogP contribution < -0.4 is 22.7 Å². The lowest BCUT2D eigenvalue weighted by Crippen LogP contribution is -2.36. The van der Waals surface area contributed by atoms with E-state index in [4.69, 9.17) is 5.73 Å². The van der Waals surface area contributed by atoms with Crippen molar-refractivity contribution in [3.05, 3.63) is 36.9 Å². The molecular weight excluding hydrogens is 348 g/mol. The minimum Gasteiger partial charge on any atom is -0.384 e. The number of Topliss-reactive ketones (excluding diaryl/α,β-unsaturated/α-hetero) is 1. The number of nitrogens with one attached hydrogen (secondary N) is 2. The molecule has 11 heteroatoms. The Labute approximate surface area is 145 Å². The summed E-state index contributed by atoms with van der Waals surface area (Å²) in [6.45, 7) is 2.39. The molecule has 2 heterocycles. The largest absolute Gasteiger partial charge is 0.384 e. The molecule has 0 aliphatic heterocycles. The molecule has 0 radical (unpaired) electrons. The van der Waals surface area contributed by atoms with Crippen molar-refractivity contribution in [3.63, 3.8) is 0 Å². The molecule has 2 aromatic heterocycles. The summed E-state index contributed by atoms with van der Waals surface area (Å²) in [5.74, 6) is -0.740. The molecule has 10 nitrogen and oxygen atoms in total. The van der Waals surface area contributed by atoms with E-state index in [0.717, 1.165) is 31.0 Å². The van der Waals surface area contributed by atoms with Gasteiger partial charge in [-0.25, -0.2) is 14.7 Å². The highest BCUT2D eigenvalue weighted by molar-refractivity contribution is 7.99. The predicted molar refractivity (Wildman–Crippen MR) is 92.2 cm³/mol. The average molecular weight is 366 g/mol. The van der Waals surface area contributed by atoms with Crippen molar-refractivity contribution in [2.45, 2.75) is 43.9 Å². The van der Waals surface area contributed by atoms with Crippen molar-refractivity contribution >= 4 is 23.4 Å². The third-order valence-corrected chi connectivity index (χ3v) is 4.85. The molecule has 1 aliphatic rings. The SMILES string of the molecule is CCCn1c(SCC(=O)c2c(N)n(C3CC3)c(=O)[nH]c2=O)n[nH]c1=O. The Morgan fingerprint density at radius 1 is 1.32 bits per heavy atom. The van der Waals surface area contributed by atoms with Crippen molar-refractivity contribution in [2.24, 2.45) is 0 Å². The van der Waals surface area contributed by atoms with Crippen molar-refractivity contribution in [2.75, 3.05) is 11.5 Å². The number of nitrogens with zero attached hydrogens (tertiary/aromatic N) is 3. The number of nitrogen functional groups attached to an aromatic ring is 1. The van der Waals surface area contributed by atoms with E-state index >= 15 is 0 Å². The molecule has 4 N–H and O–H groups in total. The van der Waals surface area contributed by atoms with Gasteiger partial charge in [0, 0.05) is 12.6 Å². The van der Waals surface area contributed by atoms with E-state index in [1.807, 2.05) is 6.92 Å². The second-order valence-electron chi connectivity index (χ2n) is 5.80. The van der Waals surface area contributed by atoms with Gasteiger partial charge in [-0.05, 0) is 19.3 Å². The fourth-order valence-corrected chi connectivity index (χ4v) is 3.41. The number of anilines is 1. The van der Waals surface area contributed by atoms with E-state index in [1.165, 1.54) is 9.13 Å². The number of carbonyl (C=O) groups excluding carboxylic acids is 1. The molecular formula is C14H18N6O4S. The van der Waals surface area contributed by atoms with E-state index in [-0.39, 0.29) is 28.9 Å². The van der Waals surface area contributed by atoms with Gasteiger partial charge in [0.15, 0.2) is 10.9 Å². The summed E-state index contributed by atoms with van der Waals surface area (Å²) >= 11 is 1.04. The number of rotatable bonds is 7. The number of hydrogen-bond acceptors (Lipinski definition) is 7. The monoisotopic (exact) mass is 366 g/mol. The van der Waals surface area contributed by atoms with E-state index in [2.05, 4.69) is 15.2 Å². The van der Waals surface area contributed by atoms with Crippen molar-refractivity contribution < 1.29 is 4.79 Å². The molecule has 0 bridgehead atoms. The number of aromatic amines is 2. The minimum absolute atomic E-state index is 0.0652. The highest BCUT2D eigenvalue weighted by Crippen LogP contribution is 2.35. The summed E-state index contributed by atoms with van der Waals surface area (Å²) in [7, 11) is 0. The molecule has 1 aliphatic carbocycles. The molecule has 0 saturated heterocycles. The summed E-state index contributed by atoms with van der Waals surface area (Å²) < 4.78 is 2.69. The second-order valence-corrected chi connectivity index (χ2v) is 6.74. The summed E-state index contributed by atoms with van der Waals surface area (Å²) in [6, 6.07) is -0.0652. The zero-order chi connectivity index (χ0) is 18.1. The zero-order valence-electron chi connectivity index (χ0n) is 13.6. The Kier molecular flexibility index (Phi) is 4.66. The van der Waals surface area contributed by atoms with Gasteiger partial charge in [0.25, 0.3) is 5.56 Å². The molecule has 3 rings (SSSR count). The molecule has 0 aromatic carbocycles. The van der Waals surface area contributed by atoms with Gasteiger partial charge < -0.3 is 5.73 Å². The Bertz CT molecular complexity index is 980. The van der Waals surface area contributed by atoms with Crippen LogP contribution in [-0.2, 0) is 6.54 Å². The van der Waals surface area contributed by atoms with Gasteiger partial charge in [0.2, 0.25) is 0 Å². The number of carbonyl (C=O) groups is 1. The third-order valence-electron chi connectivity index (χ3n) is 3.88. The maximum atomic E-state index is 12.5. The number of ketones is 1. The molecule has 0 amide bonds. The van der Waals surface area contributed by atoms with Crippen LogP contribution in [0, 0.1) is 0 Å². The van der Waals surface area contributed by atoms with Gasteiger partial charge in [-0.1, -0.05) is 18.7 Å². The number of hydrogen-bond donors (Lipinski definition) is 3. The lowest BCUT2D eigenvalue weighted by atomic mass is 10.2. The Morgan fingerprint density at radius 2 is 2.04 bits per heavy atom. The van der Waals surface area contributed by atoms with Gasteiger partial charge >= 0.3 is 11.4 Å². The number of aromatic nitrogens is 5. The lowest BCUT2D eigenvalue weighted by Gasteiger charge is -2.11. The summed E-state index contributed by atoms with van der Waals surface area (Å²) in [6.07, 6.45) is 2.31. The topological polar surface area (TPSA) is 149 Å². The normalized spacial score (nSPS) is 14.0. The van der Waals surface area contributed by atoms with E-state index in [0.29, 0.717) is 11.7 Å². The van der Waals surface area contributed by atoms with Crippen LogP contribution in [-0.4, -0.2) is 35.9 Å². The quantitative estimate of drug-likeness (QED) is 0.451. The molecule has 25 heavy (non-hydrogen) atoms. The van der Waals surface area contributed by atoms with Gasteiger partial charge in [-0.15, -0.1) is 5.10 Å². The van der Waals surface area contributed by atoms with E-state index in [9.17, 15) is 19.2 Å². The summed E-state index contributed by atoms with van der Waals surface area (Å²) in [5, 5.41) is 6.58. The molecule has 1 fully saturated rings. The van der Waals surface area contributed by atoms with Crippen LogP contribution in [0.2, 0.25) is 0 Å². The van der Waals surface area contributed by atoms with Crippen molar-refractivity contribution in [3.8, 4) is 0 Å². The molecule has 134 valence electrons. The summed E-state index contributed by atoms with van der Waals surface area (Å²) in [5.41, 5.74) is 3.95. The number of thioether (sulfide) groups is 1. The first-order valence-electron chi connectivity index (χ1n) is 7.89. The van der Waals surface area contributed by atoms with Crippen LogP contribution in [0.3, 0.4) is 0 Å². The lowest BCUT2D eigenvalue weighted by molar-refractivity contribution is 0.102. The van der Waals surface area contributed by atoms with E-state index < -0.39 is 17.0 Å². The maximum absolute atomic E-state index is 12.5. The number of nitrogens with two attached hydrogens (primary N) is 1. The van der Waals surface area contributed by atoms with Gasteiger partial charge in [0.05, 0.1) is 5.75 Å². The van der Waals surface area contributed by atoms with Gasteiger partial charge in [-0.2, -0.15) is 0 Å². The predicted octanol–water partition coefficient (Wildman–Crippen LogP) is -0.276. The van der Waals surface area contributed by atoms with Crippen molar-refractivity contribution in [1.29, 1.82) is 0 Å². The first-order valence-corrected chi connectivity index (χ1v) is 8.88. The van der Waals surface area contributed by atoms with Crippen LogP contribution in [0.15, 0.2) is 19.5 Å². The first kappa shape index (κ1) is 17.3. The Balaban J connectivity index is 1.85. The average Bonchev–Trinajstić information content (AvgIpc) is 3.31. The summed E-state index contributed by atoms with van der Waals surface area (Å²) in [4.78, 5) is 50.2. The molecule has 0 spiro atoms. The van der Waals surface area contributed by atoms with Gasteiger partial charge in [-0.3, -0.25) is 23.7 Å². The molecule has 2 aromatic rings. The highest BCUT2D eigenvalue weighted by Gasteiger charge is 2.30. The Hall–Kier alpha value is -2.56. The second kappa shape index (κ2) is 6.75. The molecule has 0 atom stereocenters. The van der Waals surface area contributed by atoms with Crippen molar-refractivity contribution in [1.82, 2.24) is 24.3 Å². The smallest absolute Gasteiger partial charge is 0.343 e. The van der Waals surface area contributed by atoms with Crippen LogP contribution in [0.1, 0.15) is 42.6 Å². The fourth-order valence-electron chi connectivity index (χ4n) is 2.57. The fraction of sp³-hybridized carbons (Fsp3) is 0.500. The third kappa shape index (κ3) is 3.31. The number of H-pyrrole nitrogens is 2. The maximum Gasteiger partial charge on any atom is 0.343 e. The minimum atomic E-state index is -0.794. The van der Waals surface area contributed by atoms with Crippen LogP contribution in [0.4, 0.5) is 5.82 Å². The molecule has 0 unspecified atom stereocenters. The zero-order valence-corrected chi connectivity index (χ0v) is 14.4. The Morgan fingerprint density at radius 3 is 2.68 bits per heavy atom. The highest BCUT2D eigenvalue weighted by atomic mass is 32.2. The van der Waals surface area contributed by atoms with Crippen LogP contribution in [0.5, 0.6) is 0 Å². The van der Waals surface area contributed by atoms with Crippen LogP contribution >= 0.6 is 11.8 Å². The molecule has 1 saturated carbocycles. The standard InChI is InChI=1S/C14H18N6O4S/c1-2-5-19-13(24)17-18-14(19)25-6-8(21)9-10(15)20(7-3-4-7)12(23)16-11(9)22/h7H,2-6,15H2,1H3,(H,17,24)(H,16,22,23). The first-order chi connectivity index (χ1) is 11.9.